The molecule has 3 aromatic rings. The van der Waals surface area contributed by atoms with Crippen LogP contribution in [0.4, 0.5) is 5.82 Å². The van der Waals surface area contributed by atoms with Crippen LogP contribution in [-0.2, 0) is 13.0 Å². The Morgan fingerprint density at radius 2 is 2.38 bits per heavy atom. The van der Waals surface area contributed by atoms with Gasteiger partial charge < -0.3 is 20.5 Å². The van der Waals surface area contributed by atoms with Gasteiger partial charge in [-0.3, -0.25) is 0 Å². The quantitative estimate of drug-likeness (QED) is 0.657. The standard InChI is InChI=1S/C13H15N5O2S/c1-7-8(2-3-14)21-11-10(7)17-13(19)18-12(11)16-6-9-15-4-5-20-9/h4-5H,2-3,6,14H2,1H3,(H2,16,17,18,19). The van der Waals surface area contributed by atoms with E-state index >= 15 is 0 Å². The average molecular weight is 305 g/mol. The minimum atomic E-state index is -0.377. The number of hydrogen-bond acceptors (Lipinski definition) is 7. The van der Waals surface area contributed by atoms with Crippen LogP contribution in [0.3, 0.4) is 0 Å². The van der Waals surface area contributed by atoms with E-state index in [1.165, 1.54) is 6.26 Å². The molecule has 0 atom stereocenters. The Morgan fingerprint density at radius 1 is 1.52 bits per heavy atom. The number of rotatable bonds is 5. The molecule has 0 saturated heterocycles. The molecule has 8 heteroatoms. The first-order valence-electron chi connectivity index (χ1n) is 6.53. The first-order valence-corrected chi connectivity index (χ1v) is 7.35. The van der Waals surface area contributed by atoms with E-state index in [-0.39, 0.29) is 5.69 Å². The Bertz CT molecular complexity index is 806. The molecule has 4 N–H and O–H groups in total. The molecule has 0 aliphatic rings. The van der Waals surface area contributed by atoms with E-state index in [4.69, 9.17) is 10.2 Å². The van der Waals surface area contributed by atoms with Crippen molar-refractivity contribution < 1.29 is 4.42 Å². The maximum absolute atomic E-state index is 11.7. The van der Waals surface area contributed by atoms with Gasteiger partial charge in [0, 0.05) is 4.88 Å². The largest absolute Gasteiger partial charge is 0.447 e. The van der Waals surface area contributed by atoms with Gasteiger partial charge in [0.1, 0.15) is 6.26 Å². The first-order chi connectivity index (χ1) is 10.2. The summed E-state index contributed by atoms with van der Waals surface area (Å²) in [7, 11) is 0. The minimum absolute atomic E-state index is 0.377. The van der Waals surface area contributed by atoms with Gasteiger partial charge in [0.05, 0.1) is 23.0 Å². The monoisotopic (exact) mass is 305 g/mol. The van der Waals surface area contributed by atoms with Gasteiger partial charge in [-0.1, -0.05) is 0 Å². The van der Waals surface area contributed by atoms with Gasteiger partial charge in [0.15, 0.2) is 5.82 Å². The zero-order chi connectivity index (χ0) is 14.8. The molecule has 3 aromatic heterocycles. The molecular weight excluding hydrogens is 290 g/mol. The van der Waals surface area contributed by atoms with E-state index in [9.17, 15) is 4.79 Å². The van der Waals surface area contributed by atoms with Crippen molar-refractivity contribution in [2.24, 2.45) is 5.73 Å². The third kappa shape index (κ3) is 2.67. The van der Waals surface area contributed by atoms with Crippen LogP contribution in [0.5, 0.6) is 0 Å². The molecule has 0 unspecified atom stereocenters. The Kier molecular flexibility index (Phi) is 3.72. The molecule has 0 spiro atoms. The summed E-state index contributed by atoms with van der Waals surface area (Å²) in [6, 6.07) is 0. The highest BCUT2D eigenvalue weighted by molar-refractivity contribution is 7.19. The van der Waals surface area contributed by atoms with Crippen LogP contribution in [0.15, 0.2) is 21.7 Å². The molecule has 0 aliphatic heterocycles. The number of anilines is 1. The lowest BCUT2D eigenvalue weighted by molar-refractivity contribution is 0.503. The number of aromatic amines is 1. The Balaban J connectivity index is 2.00. The van der Waals surface area contributed by atoms with Crippen LogP contribution in [0.25, 0.3) is 10.2 Å². The van der Waals surface area contributed by atoms with Gasteiger partial charge in [-0.25, -0.2) is 9.78 Å². The maximum Gasteiger partial charge on any atom is 0.347 e. The minimum Gasteiger partial charge on any atom is -0.447 e. The summed E-state index contributed by atoms with van der Waals surface area (Å²) in [5.74, 6) is 1.09. The number of hydrogen-bond donors (Lipinski definition) is 3. The van der Waals surface area contributed by atoms with Crippen LogP contribution in [0.1, 0.15) is 16.3 Å². The zero-order valence-corrected chi connectivity index (χ0v) is 12.3. The molecule has 0 aliphatic carbocycles. The summed E-state index contributed by atoms with van der Waals surface area (Å²) in [4.78, 5) is 23.7. The predicted molar refractivity (Wildman–Crippen MR) is 81.6 cm³/mol. The second kappa shape index (κ2) is 5.66. The van der Waals surface area contributed by atoms with Crippen molar-refractivity contribution in [1.29, 1.82) is 0 Å². The van der Waals surface area contributed by atoms with Gasteiger partial charge in [0.2, 0.25) is 5.89 Å². The van der Waals surface area contributed by atoms with E-state index in [0.717, 1.165) is 27.1 Å². The Hall–Kier alpha value is -2.19. The number of fused-ring (bicyclic) bond motifs is 1. The van der Waals surface area contributed by atoms with Gasteiger partial charge in [-0.2, -0.15) is 4.98 Å². The van der Waals surface area contributed by atoms with E-state index < -0.39 is 0 Å². The van der Waals surface area contributed by atoms with Gasteiger partial charge in [-0.05, 0) is 25.5 Å². The van der Waals surface area contributed by atoms with E-state index in [1.807, 2.05) is 6.92 Å². The normalized spacial score (nSPS) is 11.1. The topological polar surface area (TPSA) is 110 Å². The van der Waals surface area contributed by atoms with Crippen LogP contribution in [-0.4, -0.2) is 21.5 Å². The first kappa shape index (κ1) is 13.8. The van der Waals surface area contributed by atoms with Crippen molar-refractivity contribution in [2.75, 3.05) is 11.9 Å². The fourth-order valence-electron chi connectivity index (χ4n) is 2.15. The Morgan fingerprint density at radius 3 is 3.10 bits per heavy atom. The molecule has 0 fully saturated rings. The average Bonchev–Trinajstić information content (AvgIpc) is 3.07. The highest BCUT2D eigenvalue weighted by atomic mass is 32.1. The third-order valence-corrected chi connectivity index (χ3v) is 4.53. The molecule has 0 aromatic carbocycles. The molecule has 0 bridgehead atoms. The summed E-state index contributed by atoms with van der Waals surface area (Å²) in [5.41, 5.74) is 7.12. The molecular formula is C13H15N5O2S. The zero-order valence-electron chi connectivity index (χ0n) is 11.5. The molecule has 3 rings (SSSR count). The summed E-state index contributed by atoms with van der Waals surface area (Å²) < 4.78 is 6.08. The van der Waals surface area contributed by atoms with Crippen LogP contribution < -0.4 is 16.7 Å². The van der Waals surface area contributed by atoms with Gasteiger partial charge in [-0.15, -0.1) is 11.3 Å². The lowest BCUT2D eigenvalue weighted by Gasteiger charge is -2.03. The highest BCUT2D eigenvalue weighted by Crippen LogP contribution is 2.32. The summed E-state index contributed by atoms with van der Waals surface area (Å²) in [6.45, 7) is 2.93. The number of nitrogens with zero attached hydrogens (tertiary/aromatic N) is 2. The van der Waals surface area contributed by atoms with Crippen molar-refractivity contribution in [2.45, 2.75) is 19.9 Å². The fraction of sp³-hybridized carbons (Fsp3) is 0.308. The summed E-state index contributed by atoms with van der Waals surface area (Å²) >= 11 is 1.59. The second-order valence-electron chi connectivity index (χ2n) is 4.56. The molecule has 21 heavy (non-hydrogen) atoms. The summed E-state index contributed by atoms with van der Waals surface area (Å²) in [6.07, 6.45) is 3.87. The van der Waals surface area contributed by atoms with E-state index in [0.29, 0.717) is 24.8 Å². The van der Waals surface area contributed by atoms with Crippen molar-refractivity contribution in [1.82, 2.24) is 15.0 Å². The van der Waals surface area contributed by atoms with E-state index in [1.54, 1.807) is 17.5 Å². The number of nitrogens with one attached hydrogen (secondary N) is 2. The number of aromatic nitrogens is 3. The smallest absolute Gasteiger partial charge is 0.347 e. The number of thiophene rings is 1. The molecule has 0 amide bonds. The molecule has 7 nitrogen and oxygen atoms in total. The number of aryl methyl sites for hydroxylation is 1. The van der Waals surface area contributed by atoms with Gasteiger partial charge in [0.25, 0.3) is 0 Å². The van der Waals surface area contributed by atoms with Crippen molar-refractivity contribution in [3.05, 3.63) is 39.3 Å². The van der Waals surface area contributed by atoms with Gasteiger partial charge >= 0.3 is 5.69 Å². The lowest BCUT2D eigenvalue weighted by atomic mass is 10.2. The SMILES string of the molecule is Cc1c(CCN)sc2c(NCc3ncco3)nc(=O)[nH]c12. The second-order valence-corrected chi connectivity index (χ2v) is 5.67. The van der Waals surface area contributed by atoms with E-state index in [2.05, 4.69) is 20.3 Å². The molecule has 0 radical (unpaired) electrons. The molecule has 0 saturated carbocycles. The predicted octanol–water partition coefficient (Wildman–Crippen LogP) is 1.39. The molecule has 110 valence electrons. The number of oxazole rings is 1. The number of nitrogens with two attached hydrogens (primary N) is 1. The summed E-state index contributed by atoms with van der Waals surface area (Å²) in [5, 5.41) is 3.11. The van der Waals surface area contributed by atoms with Crippen LogP contribution in [0.2, 0.25) is 0 Å². The Labute approximate surface area is 124 Å². The number of H-pyrrole nitrogens is 1. The highest BCUT2D eigenvalue weighted by Gasteiger charge is 2.14. The molecule has 3 heterocycles. The van der Waals surface area contributed by atoms with Crippen molar-refractivity contribution in [3.8, 4) is 0 Å². The third-order valence-electron chi connectivity index (χ3n) is 3.17. The maximum atomic E-state index is 11.7. The van der Waals surface area contributed by atoms with Crippen LogP contribution in [0, 0.1) is 6.92 Å². The van der Waals surface area contributed by atoms with Crippen molar-refractivity contribution >= 4 is 27.4 Å². The van der Waals surface area contributed by atoms with Crippen molar-refractivity contribution in [3.63, 3.8) is 0 Å². The lowest BCUT2D eigenvalue weighted by Crippen LogP contribution is -2.13. The fourth-order valence-corrected chi connectivity index (χ4v) is 3.40. The van der Waals surface area contributed by atoms with Crippen LogP contribution >= 0.6 is 11.3 Å².